The number of carbonyl (C=O) groups excluding carboxylic acids is 2. The van der Waals surface area contributed by atoms with Crippen LogP contribution in [-0.4, -0.2) is 27.3 Å². The van der Waals surface area contributed by atoms with E-state index in [9.17, 15) is 14.4 Å². The van der Waals surface area contributed by atoms with Crippen molar-refractivity contribution in [1.82, 2.24) is 9.55 Å². The number of aromatic nitrogens is 2. The highest BCUT2D eigenvalue weighted by atomic mass is 32.1. The highest BCUT2D eigenvalue weighted by Gasteiger charge is 2.27. The van der Waals surface area contributed by atoms with Crippen LogP contribution in [0.1, 0.15) is 40.9 Å². The van der Waals surface area contributed by atoms with E-state index in [1.807, 2.05) is 6.92 Å². The Morgan fingerprint density at radius 1 is 1.29 bits per heavy atom. The van der Waals surface area contributed by atoms with Crippen LogP contribution in [-0.2, 0) is 4.79 Å². The van der Waals surface area contributed by atoms with Gasteiger partial charge in [-0.1, -0.05) is 0 Å². The molecule has 8 heteroatoms. The van der Waals surface area contributed by atoms with Gasteiger partial charge in [0.25, 0.3) is 11.5 Å². The Morgan fingerprint density at radius 3 is 2.79 bits per heavy atom. The van der Waals surface area contributed by atoms with Crippen LogP contribution in [0.15, 0.2) is 29.1 Å². The molecule has 0 spiro atoms. The molecular weight excluding hydrogens is 378 g/mol. The van der Waals surface area contributed by atoms with Gasteiger partial charge in [0, 0.05) is 10.4 Å². The van der Waals surface area contributed by atoms with E-state index < -0.39 is 12.1 Å². The maximum absolute atomic E-state index is 13.1. The molecular formula is C20H19N3O4S. The van der Waals surface area contributed by atoms with Gasteiger partial charge in [0.2, 0.25) is 0 Å². The second-order valence-electron chi connectivity index (χ2n) is 6.91. The predicted octanol–water partition coefficient (Wildman–Crippen LogP) is 3.24. The summed E-state index contributed by atoms with van der Waals surface area (Å²) in [7, 11) is 0. The molecule has 28 heavy (non-hydrogen) atoms. The summed E-state index contributed by atoms with van der Waals surface area (Å²) >= 11 is 1.46. The molecule has 2 aromatic heterocycles. The molecule has 4 rings (SSSR count). The second kappa shape index (κ2) is 6.56. The predicted molar refractivity (Wildman–Crippen MR) is 108 cm³/mol. The van der Waals surface area contributed by atoms with E-state index in [0.29, 0.717) is 33.0 Å². The number of ether oxygens (including phenoxy) is 1. The molecule has 0 saturated heterocycles. The molecule has 0 bridgehead atoms. The Morgan fingerprint density at radius 2 is 2.04 bits per heavy atom. The van der Waals surface area contributed by atoms with E-state index >= 15 is 0 Å². The summed E-state index contributed by atoms with van der Waals surface area (Å²) in [4.78, 5) is 44.0. The molecule has 0 fully saturated rings. The van der Waals surface area contributed by atoms with Crippen LogP contribution in [0.5, 0.6) is 5.75 Å². The minimum absolute atomic E-state index is 0.226. The van der Waals surface area contributed by atoms with Crippen molar-refractivity contribution in [1.29, 1.82) is 0 Å². The molecule has 2 atom stereocenters. The molecule has 2 unspecified atom stereocenters. The Hall–Kier alpha value is -3.00. The van der Waals surface area contributed by atoms with E-state index in [2.05, 4.69) is 10.3 Å². The lowest BCUT2D eigenvalue weighted by molar-refractivity contribution is -0.122. The lowest BCUT2D eigenvalue weighted by Crippen LogP contribution is -2.34. The summed E-state index contributed by atoms with van der Waals surface area (Å²) in [6.45, 7) is 6.98. The average molecular weight is 397 g/mol. The number of benzene rings is 1. The third kappa shape index (κ3) is 2.90. The number of aryl methyl sites for hydroxylation is 2. The van der Waals surface area contributed by atoms with Crippen LogP contribution in [0.2, 0.25) is 0 Å². The number of fused-ring (bicyclic) bond motifs is 2. The van der Waals surface area contributed by atoms with Gasteiger partial charge in [0.1, 0.15) is 16.4 Å². The Labute approximate surface area is 165 Å². The third-order valence-corrected chi connectivity index (χ3v) is 5.80. The number of hydrogen-bond acceptors (Lipinski definition) is 6. The van der Waals surface area contributed by atoms with E-state index in [-0.39, 0.29) is 17.2 Å². The first kappa shape index (κ1) is 18.4. The van der Waals surface area contributed by atoms with Gasteiger partial charge in [-0.2, -0.15) is 0 Å². The maximum atomic E-state index is 13.1. The molecule has 7 nitrogen and oxygen atoms in total. The molecule has 144 valence electrons. The van der Waals surface area contributed by atoms with Gasteiger partial charge in [0.15, 0.2) is 11.9 Å². The van der Waals surface area contributed by atoms with Gasteiger partial charge < -0.3 is 10.1 Å². The second-order valence-corrected chi connectivity index (χ2v) is 8.15. The Kier molecular flexibility index (Phi) is 4.30. The van der Waals surface area contributed by atoms with Crippen molar-refractivity contribution in [2.24, 2.45) is 0 Å². The zero-order chi connectivity index (χ0) is 20.2. The molecule has 1 N–H and O–H groups in total. The van der Waals surface area contributed by atoms with Crippen molar-refractivity contribution in [2.75, 3.05) is 5.32 Å². The Bertz CT molecular complexity index is 1190. The van der Waals surface area contributed by atoms with Crippen molar-refractivity contribution in [2.45, 2.75) is 39.8 Å². The van der Waals surface area contributed by atoms with Gasteiger partial charge in [0.05, 0.1) is 17.1 Å². The van der Waals surface area contributed by atoms with E-state index in [0.717, 1.165) is 4.88 Å². The number of thiophene rings is 1. The minimum Gasteiger partial charge on any atom is -0.479 e. The molecule has 0 aliphatic carbocycles. The maximum Gasteiger partial charge on any atom is 0.265 e. The first-order valence-electron chi connectivity index (χ1n) is 8.91. The van der Waals surface area contributed by atoms with Crippen molar-refractivity contribution < 1.29 is 14.3 Å². The lowest BCUT2D eigenvalue weighted by atomic mass is 10.0. The molecule has 0 saturated carbocycles. The number of nitrogens with zero attached hydrogens (tertiary/aromatic N) is 2. The fourth-order valence-corrected chi connectivity index (χ4v) is 4.31. The highest BCUT2D eigenvalue weighted by Crippen LogP contribution is 2.31. The van der Waals surface area contributed by atoms with Crippen molar-refractivity contribution in [3.8, 4) is 5.75 Å². The number of Topliss-reactive ketones (excluding diaryl/α,β-unsaturated/α-hetero) is 1. The zero-order valence-corrected chi connectivity index (χ0v) is 16.7. The average Bonchev–Trinajstić information content (AvgIpc) is 3.02. The van der Waals surface area contributed by atoms with Crippen LogP contribution in [0.25, 0.3) is 10.2 Å². The summed E-state index contributed by atoms with van der Waals surface area (Å²) in [6.07, 6.45) is -0.582. The van der Waals surface area contributed by atoms with Crippen molar-refractivity contribution in [3.05, 3.63) is 50.9 Å². The van der Waals surface area contributed by atoms with Gasteiger partial charge in [-0.15, -0.1) is 11.3 Å². The monoisotopic (exact) mass is 397 g/mol. The minimum atomic E-state index is -0.734. The van der Waals surface area contributed by atoms with Crippen LogP contribution in [0.3, 0.4) is 0 Å². The normalized spacial score (nSPS) is 17.0. The molecule has 1 aliphatic rings. The van der Waals surface area contributed by atoms with Crippen LogP contribution in [0.4, 0.5) is 5.69 Å². The lowest BCUT2D eigenvalue weighted by Gasteiger charge is -2.24. The zero-order valence-electron chi connectivity index (χ0n) is 15.9. The molecule has 1 aromatic carbocycles. The summed E-state index contributed by atoms with van der Waals surface area (Å²) in [6, 6.07) is 5.95. The molecule has 3 heterocycles. The van der Waals surface area contributed by atoms with Gasteiger partial charge in [-0.3, -0.25) is 19.0 Å². The van der Waals surface area contributed by atoms with Gasteiger partial charge >= 0.3 is 0 Å². The number of nitrogens with one attached hydrogen (secondary N) is 1. The highest BCUT2D eigenvalue weighted by molar-refractivity contribution is 7.18. The summed E-state index contributed by atoms with van der Waals surface area (Å²) in [5, 5.41) is 3.26. The number of ketones is 1. The topological polar surface area (TPSA) is 90.3 Å². The number of amides is 1. The summed E-state index contributed by atoms with van der Waals surface area (Å²) < 4.78 is 6.95. The largest absolute Gasteiger partial charge is 0.479 e. The molecule has 0 radical (unpaired) electrons. The molecule has 1 amide bonds. The van der Waals surface area contributed by atoms with Crippen LogP contribution < -0.4 is 15.6 Å². The number of rotatable bonds is 3. The van der Waals surface area contributed by atoms with Gasteiger partial charge in [-0.25, -0.2) is 4.98 Å². The molecule has 3 aromatic rings. The Balaban J connectivity index is 1.73. The smallest absolute Gasteiger partial charge is 0.265 e. The SMILES string of the molecule is Cc1cc2c(=O)n(C(C)C(=O)c3ccc4c(c3)NC(=O)C(C)O4)c(C)nc2s1. The first-order chi connectivity index (χ1) is 13.3. The number of carbonyl (C=O) groups is 2. The fourth-order valence-electron chi connectivity index (χ4n) is 3.39. The van der Waals surface area contributed by atoms with Crippen molar-refractivity contribution >= 4 is 38.9 Å². The van der Waals surface area contributed by atoms with E-state index in [1.165, 1.54) is 15.9 Å². The van der Waals surface area contributed by atoms with E-state index in [4.69, 9.17) is 4.74 Å². The van der Waals surface area contributed by atoms with Crippen LogP contribution >= 0.6 is 11.3 Å². The third-order valence-electron chi connectivity index (χ3n) is 4.86. The van der Waals surface area contributed by atoms with Crippen molar-refractivity contribution in [3.63, 3.8) is 0 Å². The fraction of sp³-hybridized carbons (Fsp3) is 0.300. The van der Waals surface area contributed by atoms with E-state index in [1.54, 1.807) is 45.0 Å². The first-order valence-corrected chi connectivity index (χ1v) is 9.73. The molecule has 1 aliphatic heterocycles. The van der Waals surface area contributed by atoms with Crippen LogP contribution in [0, 0.1) is 13.8 Å². The van der Waals surface area contributed by atoms with Gasteiger partial charge in [-0.05, 0) is 52.0 Å². The standard InChI is InChI=1S/C20H19N3O4S/c1-9-7-14-19(28-9)21-12(4)23(20(14)26)10(2)17(24)13-5-6-16-15(8-13)22-18(25)11(3)27-16/h5-8,10-11H,1-4H3,(H,22,25). The quantitative estimate of drug-likeness (QED) is 0.685. The summed E-state index contributed by atoms with van der Waals surface area (Å²) in [5.41, 5.74) is 0.612. The summed E-state index contributed by atoms with van der Waals surface area (Å²) in [5.74, 6) is 0.499. The number of anilines is 1. The number of hydrogen-bond donors (Lipinski definition) is 1.